The Hall–Kier alpha value is -3.26. The Morgan fingerprint density at radius 3 is 2.42 bits per heavy atom. The van der Waals surface area contributed by atoms with E-state index >= 15 is 0 Å². The van der Waals surface area contributed by atoms with E-state index in [4.69, 9.17) is 9.84 Å². The van der Waals surface area contributed by atoms with Crippen LogP contribution >= 0.6 is 11.3 Å². The molecular weight excluding hydrogens is 503 g/mol. The van der Waals surface area contributed by atoms with Crippen molar-refractivity contribution >= 4 is 23.2 Å². The molecule has 0 atom stereocenters. The van der Waals surface area contributed by atoms with Gasteiger partial charge in [-0.1, -0.05) is 25.3 Å². The van der Waals surface area contributed by atoms with Crippen LogP contribution in [0.2, 0.25) is 0 Å². The van der Waals surface area contributed by atoms with Crippen molar-refractivity contribution in [2.45, 2.75) is 64.9 Å². The second-order valence-electron chi connectivity index (χ2n) is 9.97. The summed E-state index contributed by atoms with van der Waals surface area (Å²) in [6, 6.07) is 10.2. The third-order valence-electron chi connectivity index (χ3n) is 7.22. The number of aromatic nitrogens is 1. The van der Waals surface area contributed by atoms with Gasteiger partial charge in [-0.3, -0.25) is 9.59 Å². The number of benzene rings is 2. The molecule has 1 aromatic heterocycles. The molecule has 1 aliphatic heterocycles. The molecule has 1 saturated heterocycles. The number of thiazole rings is 1. The molecule has 2 aliphatic rings. The van der Waals surface area contributed by atoms with Gasteiger partial charge in [0.15, 0.2) is 0 Å². The van der Waals surface area contributed by atoms with Crippen molar-refractivity contribution in [1.29, 1.82) is 0 Å². The second kappa shape index (κ2) is 13.5. The number of nitrogens with zero attached hydrogens (tertiary/aromatic N) is 2. The summed E-state index contributed by atoms with van der Waals surface area (Å²) >= 11 is 1.46. The molecule has 1 aliphatic carbocycles. The van der Waals surface area contributed by atoms with E-state index in [-0.39, 0.29) is 17.6 Å². The lowest BCUT2D eigenvalue weighted by molar-refractivity contribution is -0.142. The summed E-state index contributed by atoms with van der Waals surface area (Å²) in [5.74, 6) is -0.264. The summed E-state index contributed by atoms with van der Waals surface area (Å²) < 4.78 is 19.7. The molecule has 202 valence electrons. The van der Waals surface area contributed by atoms with Gasteiger partial charge in [0.1, 0.15) is 18.2 Å². The highest BCUT2D eigenvalue weighted by Gasteiger charge is 2.20. The monoisotopic (exact) mass is 538 g/mol. The third-order valence-corrected chi connectivity index (χ3v) is 7.81. The zero-order chi connectivity index (χ0) is 26.9. The van der Waals surface area contributed by atoms with Crippen molar-refractivity contribution in [1.82, 2.24) is 9.88 Å². The molecule has 2 aromatic carbocycles. The highest BCUT2D eigenvalue weighted by atomic mass is 32.1. The minimum absolute atomic E-state index is 0.0289. The van der Waals surface area contributed by atoms with Crippen molar-refractivity contribution in [3.8, 4) is 17.0 Å². The Labute approximate surface area is 227 Å². The third kappa shape index (κ3) is 7.40. The molecule has 0 radical (unpaired) electrons. The fraction of sp³-hybridized carbons (Fsp3) is 0.433. The highest BCUT2D eigenvalue weighted by molar-refractivity contribution is 7.07. The van der Waals surface area contributed by atoms with Crippen molar-refractivity contribution in [2.75, 3.05) is 13.1 Å². The van der Waals surface area contributed by atoms with Gasteiger partial charge in [-0.25, -0.2) is 9.37 Å². The Morgan fingerprint density at radius 1 is 1.05 bits per heavy atom. The molecule has 5 rings (SSSR count). The molecule has 8 heteroatoms. The minimum Gasteiger partial charge on any atom is -0.488 e. The van der Waals surface area contributed by atoms with Gasteiger partial charge in [0.2, 0.25) is 0 Å². The quantitative estimate of drug-likeness (QED) is 0.362. The minimum atomic E-state index is -0.602. The maximum Gasteiger partial charge on any atom is 0.306 e. The van der Waals surface area contributed by atoms with Crippen LogP contribution in [0.1, 0.15) is 72.9 Å². The summed E-state index contributed by atoms with van der Waals surface area (Å²) in [6.45, 7) is 4.00. The van der Waals surface area contributed by atoms with Gasteiger partial charge in [0.05, 0.1) is 17.1 Å². The molecule has 6 nitrogen and oxygen atoms in total. The number of hydrogen-bond donors (Lipinski definition) is 1. The van der Waals surface area contributed by atoms with Gasteiger partial charge in [0.25, 0.3) is 5.91 Å². The van der Waals surface area contributed by atoms with E-state index in [2.05, 4.69) is 4.98 Å². The molecule has 2 heterocycles. The van der Waals surface area contributed by atoms with Crippen molar-refractivity contribution in [3.05, 3.63) is 69.8 Å². The van der Waals surface area contributed by atoms with Crippen LogP contribution in [0.4, 0.5) is 4.39 Å². The lowest BCUT2D eigenvalue weighted by Gasteiger charge is -2.27. The molecule has 2 fully saturated rings. The number of ether oxygens (including phenoxy) is 1. The fourth-order valence-corrected chi connectivity index (χ4v) is 5.50. The van der Waals surface area contributed by atoms with Crippen LogP contribution in [0.25, 0.3) is 11.3 Å². The smallest absolute Gasteiger partial charge is 0.306 e. The van der Waals surface area contributed by atoms with E-state index in [1.807, 2.05) is 35.4 Å². The van der Waals surface area contributed by atoms with Gasteiger partial charge >= 0.3 is 5.97 Å². The van der Waals surface area contributed by atoms with Gasteiger partial charge < -0.3 is 14.7 Å². The fourth-order valence-electron chi connectivity index (χ4n) is 4.95. The lowest BCUT2D eigenvalue weighted by Crippen LogP contribution is -2.35. The molecular formula is C30H35FN2O4S. The highest BCUT2D eigenvalue weighted by Crippen LogP contribution is 2.31. The standard InChI is InChI=1S/C23H23FN2O2S.C7H12O2/c1-16-11-17(23(27)26-9-3-2-4-10-26)5-6-18(16)13-28-22-8-7-19(24)12-20(22)21-14-29-15-25-21;8-7(9)6-4-2-1-3-5-6/h5-8,11-12,14-15H,2-4,9-10,13H2,1H3;6H,1-5H2,(H,8,9). The number of amides is 1. The van der Waals surface area contributed by atoms with E-state index in [1.54, 1.807) is 11.6 Å². The summed E-state index contributed by atoms with van der Waals surface area (Å²) in [7, 11) is 0. The van der Waals surface area contributed by atoms with Gasteiger partial charge in [-0.15, -0.1) is 11.3 Å². The molecule has 0 spiro atoms. The first-order valence-electron chi connectivity index (χ1n) is 13.3. The Balaban J connectivity index is 0.000000317. The van der Waals surface area contributed by atoms with E-state index in [9.17, 15) is 14.0 Å². The zero-order valence-corrected chi connectivity index (χ0v) is 22.6. The number of aryl methyl sites for hydroxylation is 1. The van der Waals surface area contributed by atoms with Crippen LogP contribution in [0.5, 0.6) is 5.75 Å². The molecule has 1 saturated carbocycles. The van der Waals surface area contributed by atoms with E-state index in [0.29, 0.717) is 23.6 Å². The first-order chi connectivity index (χ1) is 18.4. The first kappa shape index (κ1) is 27.8. The number of carbonyl (C=O) groups is 2. The average Bonchev–Trinajstić information content (AvgIpc) is 3.49. The number of rotatable bonds is 6. The Bertz CT molecular complexity index is 1220. The number of piperidine rings is 1. The second-order valence-corrected chi connectivity index (χ2v) is 10.7. The number of aliphatic carboxylic acids is 1. The van der Waals surface area contributed by atoms with Crippen molar-refractivity contribution < 1.29 is 23.8 Å². The maximum atomic E-state index is 13.7. The summed E-state index contributed by atoms with van der Waals surface area (Å²) in [6.07, 6.45) is 8.60. The van der Waals surface area contributed by atoms with Crippen LogP contribution in [0, 0.1) is 18.7 Å². The van der Waals surface area contributed by atoms with Crippen molar-refractivity contribution in [3.63, 3.8) is 0 Å². The maximum absolute atomic E-state index is 13.7. The Morgan fingerprint density at radius 2 is 1.79 bits per heavy atom. The first-order valence-corrected chi connectivity index (χ1v) is 14.3. The average molecular weight is 539 g/mol. The summed E-state index contributed by atoms with van der Waals surface area (Å²) in [4.78, 5) is 29.3. The van der Waals surface area contributed by atoms with Gasteiger partial charge in [-0.05, 0) is 80.5 Å². The van der Waals surface area contributed by atoms with Crippen LogP contribution in [-0.4, -0.2) is 40.0 Å². The predicted octanol–water partition coefficient (Wildman–Crippen LogP) is 7.11. The number of likely N-dealkylation sites (tertiary alicyclic amines) is 1. The van der Waals surface area contributed by atoms with Crippen molar-refractivity contribution in [2.24, 2.45) is 5.92 Å². The Kier molecular flexibility index (Phi) is 9.87. The molecule has 1 amide bonds. The van der Waals surface area contributed by atoms with Crippen LogP contribution in [0.3, 0.4) is 0 Å². The van der Waals surface area contributed by atoms with Gasteiger partial charge in [0, 0.05) is 29.6 Å². The number of halogens is 1. The number of carbonyl (C=O) groups excluding carboxylic acids is 1. The normalized spacial score (nSPS) is 15.9. The van der Waals surface area contributed by atoms with Crippen LogP contribution < -0.4 is 4.74 Å². The SMILES string of the molecule is Cc1cc(C(=O)N2CCCCC2)ccc1COc1ccc(F)cc1-c1cscn1.O=C(O)C1CCCCC1. The van der Waals surface area contributed by atoms with E-state index in [0.717, 1.165) is 68.3 Å². The molecule has 1 N–H and O–H groups in total. The zero-order valence-electron chi connectivity index (χ0n) is 21.8. The molecule has 0 bridgehead atoms. The van der Waals surface area contributed by atoms with Crippen LogP contribution in [0.15, 0.2) is 47.3 Å². The lowest BCUT2D eigenvalue weighted by atomic mass is 9.90. The number of carboxylic acids is 1. The van der Waals surface area contributed by atoms with E-state index in [1.165, 1.54) is 36.3 Å². The number of carboxylic acid groups (broad SMARTS) is 1. The van der Waals surface area contributed by atoms with Gasteiger partial charge in [-0.2, -0.15) is 0 Å². The largest absolute Gasteiger partial charge is 0.488 e. The molecule has 0 unspecified atom stereocenters. The molecule has 38 heavy (non-hydrogen) atoms. The predicted molar refractivity (Wildman–Crippen MR) is 147 cm³/mol. The van der Waals surface area contributed by atoms with E-state index < -0.39 is 5.97 Å². The topological polar surface area (TPSA) is 79.7 Å². The van der Waals surface area contributed by atoms with Crippen LogP contribution in [-0.2, 0) is 11.4 Å². The number of hydrogen-bond acceptors (Lipinski definition) is 5. The summed E-state index contributed by atoms with van der Waals surface area (Å²) in [5.41, 5.74) is 5.77. The summed E-state index contributed by atoms with van der Waals surface area (Å²) in [5, 5.41) is 10.4. The molecule has 3 aromatic rings.